The van der Waals surface area contributed by atoms with E-state index in [9.17, 15) is 9.18 Å². The molecule has 0 bridgehead atoms. The van der Waals surface area contributed by atoms with E-state index < -0.39 is 0 Å². The molecule has 1 aromatic heterocycles. The van der Waals surface area contributed by atoms with Gasteiger partial charge >= 0.3 is 0 Å². The zero-order valence-electron chi connectivity index (χ0n) is 19.0. The zero-order chi connectivity index (χ0) is 23.1. The summed E-state index contributed by atoms with van der Waals surface area (Å²) >= 11 is 5.93. The van der Waals surface area contributed by atoms with E-state index in [1.807, 2.05) is 22.5 Å². The van der Waals surface area contributed by atoms with Crippen molar-refractivity contribution in [2.24, 2.45) is 0 Å². The Morgan fingerprint density at radius 2 is 2.09 bits per heavy atom. The van der Waals surface area contributed by atoms with Gasteiger partial charge in [0.2, 0.25) is 5.91 Å². The predicted molar refractivity (Wildman–Crippen MR) is 129 cm³/mol. The molecule has 2 fully saturated rings. The molecule has 2 aliphatic heterocycles. The highest BCUT2D eigenvalue weighted by molar-refractivity contribution is 6.30. The summed E-state index contributed by atoms with van der Waals surface area (Å²) < 4.78 is 16.6. The average molecular weight is 470 g/mol. The Bertz CT molecular complexity index is 1170. The summed E-state index contributed by atoms with van der Waals surface area (Å²) in [6.45, 7) is 7.28. The van der Waals surface area contributed by atoms with Crippen molar-refractivity contribution in [3.63, 3.8) is 0 Å². The van der Waals surface area contributed by atoms with E-state index in [1.54, 1.807) is 18.5 Å². The van der Waals surface area contributed by atoms with Crippen LogP contribution in [0.15, 0.2) is 42.7 Å². The van der Waals surface area contributed by atoms with Crippen molar-refractivity contribution in [1.82, 2.24) is 19.8 Å². The average Bonchev–Trinajstić information content (AvgIpc) is 3.48. The van der Waals surface area contributed by atoms with Gasteiger partial charge in [0.15, 0.2) is 0 Å². The minimum absolute atomic E-state index is 0.0283. The van der Waals surface area contributed by atoms with Gasteiger partial charge in [-0.2, -0.15) is 0 Å². The molecule has 2 saturated heterocycles. The minimum Gasteiger partial charge on any atom is -0.368 e. The number of anilines is 1. The first kappa shape index (κ1) is 22.2. The van der Waals surface area contributed by atoms with E-state index in [0.717, 1.165) is 49.2 Å². The number of rotatable bonds is 4. The molecule has 2 aliphatic rings. The van der Waals surface area contributed by atoms with Gasteiger partial charge in [0.05, 0.1) is 29.4 Å². The van der Waals surface area contributed by atoms with Crippen LogP contribution in [0.3, 0.4) is 0 Å². The fraction of sp³-hybridized carbons (Fsp3) is 0.440. The molecule has 6 nitrogen and oxygen atoms in total. The number of carbonyl (C=O) groups excluding carboxylic acids is 1. The number of carbonyl (C=O) groups is 1. The van der Waals surface area contributed by atoms with Crippen molar-refractivity contribution < 1.29 is 9.18 Å². The van der Waals surface area contributed by atoms with Crippen LogP contribution in [0.4, 0.5) is 10.1 Å². The lowest BCUT2D eigenvalue weighted by Gasteiger charge is -2.42. The topological polar surface area (TPSA) is 53.4 Å². The second-order valence-electron chi connectivity index (χ2n) is 9.14. The molecule has 0 spiro atoms. The summed E-state index contributed by atoms with van der Waals surface area (Å²) in [5.41, 5.74) is 3.49. The summed E-state index contributed by atoms with van der Waals surface area (Å²) in [6.07, 6.45) is 3.76. The first-order chi connectivity index (χ1) is 15.9. The molecule has 33 heavy (non-hydrogen) atoms. The normalized spacial score (nSPS) is 22.2. The minimum atomic E-state index is -0.320. The number of nitrogens with zero attached hydrogens (tertiary/aromatic N) is 4. The SMILES string of the molecule is CC(c1ccc(Cl)cc1F)n1cnc2ccc(N3CCN(C(=O)[C@H]4CCCN4)[C@H](C)C3)cc21. The van der Waals surface area contributed by atoms with Crippen LogP contribution in [0.1, 0.15) is 38.3 Å². The smallest absolute Gasteiger partial charge is 0.240 e. The number of fused-ring (bicyclic) bond motifs is 1. The Labute approximate surface area is 198 Å². The Kier molecular flexibility index (Phi) is 6.01. The van der Waals surface area contributed by atoms with E-state index in [4.69, 9.17) is 11.6 Å². The van der Waals surface area contributed by atoms with Gasteiger partial charge in [-0.05, 0) is 63.6 Å². The number of aromatic nitrogens is 2. The third kappa shape index (κ3) is 4.20. The van der Waals surface area contributed by atoms with Gasteiger partial charge in [-0.1, -0.05) is 17.7 Å². The number of benzene rings is 2. The Morgan fingerprint density at radius 3 is 2.82 bits per heavy atom. The second kappa shape index (κ2) is 8.95. The van der Waals surface area contributed by atoms with Crippen molar-refractivity contribution in [3.05, 3.63) is 59.1 Å². The highest BCUT2D eigenvalue weighted by Gasteiger charge is 2.33. The van der Waals surface area contributed by atoms with E-state index in [2.05, 4.69) is 34.3 Å². The first-order valence-corrected chi connectivity index (χ1v) is 12.0. The fourth-order valence-corrected chi connectivity index (χ4v) is 5.28. The lowest BCUT2D eigenvalue weighted by atomic mass is 10.1. The number of nitrogens with one attached hydrogen (secondary N) is 1. The molecule has 1 unspecified atom stereocenters. The molecule has 8 heteroatoms. The molecular formula is C25H29ClFN5O. The highest BCUT2D eigenvalue weighted by atomic mass is 35.5. The molecule has 174 valence electrons. The van der Waals surface area contributed by atoms with Gasteiger partial charge in [-0.3, -0.25) is 4.79 Å². The third-order valence-electron chi connectivity index (χ3n) is 7.02. The van der Waals surface area contributed by atoms with E-state index >= 15 is 0 Å². The molecule has 1 amide bonds. The van der Waals surface area contributed by atoms with Crippen molar-refractivity contribution in [2.75, 3.05) is 31.1 Å². The van der Waals surface area contributed by atoms with Gasteiger partial charge in [-0.15, -0.1) is 0 Å². The number of hydrogen-bond acceptors (Lipinski definition) is 4. The summed E-state index contributed by atoms with van der Waals surface area (Å²) in [5.74, 6) is -0.0913. The quantitative estimate of drug-likeness (QED) is 0.621. The number of hydrogen-bond donors (Lipinski definition) is 1. The molecule has 5 rings (SSSR count). The molecule has 3 heterocycles. The van der Waals surface area contributed by atoms with Gasteiger partial charge in [0.25, 0.3) is 0 Å². The lowest BCUT2D eigenvalue weighted by Crippen LogP contribution is -2.57. The fourth-order valence-electron chi connectivity index (χ4n) is 5.12. The molecule has 1 N–H and O–H groups in total. The van der Waals surface area contributed by atoms with Crippen LogP contribution in [0.25, 0.3) is 11.0 Å². The van der Waals surface area contributed by atoms with Crippen LogP contribution < -0.4 is 10.2 Å². The molecule has 0 saturated carbocycles. The summed E-state index contributed by atoms with van der Waals surface area (Å²) in [5, 5.41) is 3.71. The summed E-state index contributed by atoms with van der Waals surface area (Å²) in [7, 11) is 0. The lowest BCUT2D eigenvalue weighted by molar-refractivity contribution is -0.135. The van der Waals surface area contributed by atoms with Gasteiger partial charge in [0, 0.05) is 41.9 Å². The number of imidazole rings is 1. The van der Waals surface area contributed by atoms with Crippen molar-refractivity contribution >= 4 is 34.2 Å². The molecule has 2 aromatic carbocycles. The Hall–Kier alpha value is -2.64. The number of halogens is 2. The monoisotopic (exact) mass is 469 g/mol. The standard InChI is InChI=1S/C25H29ClFN5O/c1-16-14-30(10-11-31(16)25(33)23-4-3-9-28-23)19-6-8-22-24(13-19)32(15-29-22)17(2)20-7-5-18(26)12-21(20)27/h5-8,12-13,15-17,23,28H,3-4,9-11,14H2,1-2H3/t16-,17?,23-/m1/s1. The van der Waals surface area contributed by atoms with Crippen LogP contribution in [0, 0.1) is 5.82 Å². The van der Waals surface area contributed by atoms with E-state index in [-0.39, 0.29) is 29.8 Å². The Morgan fingerprint density at radius 1 is 1.24 bits per heavy atom. The summed E-state index contributed by atoms with van der Waals surface area (Å²) in [4.78, 5) is 21.8. The maximum atomic E-state index is 14.6. The molecule has 0 aliphatic carbocycles. The molecule has 3 atom stereocenters. The zero-order valence-corrected chi connectivity index (χ0v) is 19.7. The predicted octanol–water partition coefficient (Wildman–Crippen LogP) is 4.23. The Balaban J connectivity index is 1.37. The van der Waals surface area contributed by atoms with Gasteiger partial charge in [-0.25, -0.2) is 9.37 Å². The highest BCUT2D eigenvalue weighted by Crippen LogP contribution is 2.30. The largest absolute Gasteiger partial charge is 0.368 e. The maximum Gasteiger partial charge on any atom is 0.240 e. The molecular weight excluding hydrogens is 441 g/mol. The van der Waals surface area contributed by atoms with Gasteiger partial charge in [0.1, 0.15) is 5.82 Å². The van der Waals surface area contributed by atoms with E-state index in [0.29, 0.717) is 17.1 Å². The van der Waals surface area contributed by atoms with Gasteiger partial charge < -0.3 is 19.7 Å². The second-order valence-corrected chi connectivity index (χ2v) is 9.58. The molecule has 3 aromatic rings. The number of piperazine rings is 1. The van der Waals surface area contributed by atoms with Crippen LogP contribution in [0.5, 0.6) is 0 Å². The van der Waals surface area contributed by atoms with Crippen LogP contribution in [0.2, 0.25) is 5.02 Å². The van der Waals surface area contributed by atoms with Crippen molar-refractivity contribution in [1.29, 1.82) is 0 Å². The van der Waals surface area contributed by atoms with Crippen LogP contribution in [-0.2, 0) is 4.79 Å². The first-order valence-electron chi connectivity index (χ1n) is 11.6. The third-order valence-corrected chi connectivity index (χ3v) is 7.26. The molecule has 0 radical (unpaired) electrons. The van der Waals surface area contributed by atoms with Crippen LogP contribution in [-0.4, -0.2) is 58.6 Å². The number of amides is 1. The van der Waals surface area contributed by atoms with Crippen molar-refractivity contribution in [3.8, 4) is 0 Å². The van der Waals surface area contributed by atoms with Crippen LogP contribution >= 0.6 is 11.6 Å². The van der Waals surface area contributed by atoms with E-state index in [1.165, 1.54) is 6.07 Å². The van der Waals surface area contributed by atoms with Crippen molar-refractivity contribution in [2.45, 2.75) is 44.8 Å². The summed E-state index contributed by atoms with van der Waals surface area (Å²) in [6, 6.07) is 10.9. The maximum absolute atomic E-state index is 14.6.